The smallest absolute Gasteiger partial charge is 0.335 e. The number of benzene rings is 2. The third-order valence-corrected chi connectivity index (χ3v) is 5.29. The second-order valence-electron chi connectivity index (χ2n) is 7.63. The van der Waals surface area contributed by atoms with Crippen LogP contribution in [0.1, 0.15) is 47.3 Å². The SMILES string of the molecule is CCCNC(=O)/C(C)=C\c1ccc2c(c1)c(Cc1ccc(C(=O)O)cc1OC)cn2C. The van der Waals surface area contributed by atoms with Crippen molar-refractivity contribution in [3.63, 3.8) is 0 Å². The van der Waals surface area contributed by atoms with Crippen LogP contribution in [0.5, 0.6) is 5.75 Å². The summed E-state index contributed by atoms with van der Waals surface area (Å²) in [5.74, 6) is -0.486. The number of carbonyl (C=O) groups excluding carboxylic acids is 1. The van der Waals surface area contributed by atoms with E-state index < -0.39 is 5.97 Å². The van der Waals surface area contributed by atoms with Crippen LogP contribution in [-0.4, -0.2) is 35.2 Å². The van der Waals surface area contributed by atoms with Gasteiger partial charge < -0.3 is 19.7 Å². The number of rotatable bonds is 8. The van der Waals surface area contributed by atoms with Crippen molar-refractivity contribution in [2.24, 2.45) is 7.05 Å². The Hall–Kier alpha value is -3.54. The molecule has 0 atom stereocenters. The molecule has 2 aromatic carbocycles. The van der Waals surface area contributed by atoms with E-state index in [2.05, 4.69) is 22.1 Å². The Kier molecular flexibility index (Phi) is 6.80. The Balaban J connectivity index is 1.96. The fourth-order valence-electron chi connectivity index (χ4n) is 3.64. The highest BCUT2D eigenvalue weighted by molar-refractivity contribution is 5.98. The third-order valence-electron chi connectivity index (χ3n) is 5.29. The standard InChI is InChI=1S/C25H28N2O4/c1-5-10-26-24(28)16(2)11-17-6-9-22-21(12-17)20(15-27(22)3)13-18-7-8-19(25(29)30)14-23(18)31-4/h6-9,11-12,14-15H,5,10,13H2,1-4H3,(H,26,28)(H,29,30)/b16-11-. The minimum absolute atomic E-state index is 0.0570. The molecule has 162 valence electrons. The van der Waals surface area contributed by atoms with Crippen LogP contribution in [0.25, 0.3) is 17.0 Å². The number of nitrogens with one attached hydrogen (secondary N) is 1. The zero-order valence-corrected chi connectivity index (χ0v) is 18.4. The van der Waals surface area contributed by atoms with Gasteiger partial charge in [-0.15, -0.1) is 0 Å². The molecule has 6 nitrogen and oxygen atoms in total. The molecule has 3 rings (SSSR count). The van der Waals surface area contributed by atoms with Crippen molar-refractivity contribution in [3.05, 3.63) is 70.4 Å². The van der Waals surface area contributed by atoms with E-state index in [1.54, 1.807) is 25.3 Å². The summed E-state index contributed by atoms with van der Waals surface area (Å²) in [5, 5.41) is 13.2. The van der Waals surface area contributed by atoms with E-state index >= 15 is 0 Å². The summed E-state index contributed by atoms with van der Waals surface area (Å²) in [5.41, 5.74) is 4.91. The summed E-state index contributed by atoms with van der Waals surface area (Å²) < 4.78 is 7.50. The average Bonchev–Trinajstić information content (AvgIpc) is 3.06. The lowest BCUT2D eigenvalue weighted by atomic mass is 10.00. The van der Waals surface area contributed by atoms with Gasteiger partial charge in [-0.05, 0) is 60.4 Å². The first-order valence-corrected chi connectivity index (χ1v) is 10.3. The quantitative estimate of drug-likeness (QED) is 0.529. The number of aromatic nitrogens is 1. The van der Waals surface area contributed by atoms with E-state index in [0.29, 0.717) is 24.3 Å². The molecule has 31 heavy (non-hydrogen) atoms. The molecule has 0 radical (unpaired) electrons. The number of methoxy groups -OCH3 is 1. The fraction of sp³-hybridized carbons (Fsp3) is 0.280. The molecular formula is C25H28N2O4. The van der Waals surface area contributed by atoms with Gasteiger partial charge in [0.05, 0.1) is 12.7 Å². The van der Waals surface area contributed by atoms with Crippen LogP contribution < -0.4 is 10.1 Å². The predicted octanol–water partition coefficient (Wildman–Crippen LogP) is 4.41. The first-order chi connectivity index (χ1) is 14.8. The molecule has 3 aromatic rings. The summed E-state index contributed by atoms with van der Waals surface area (Å²) in [6.07, 6.45) is 5.46. The Morgan fingerprint density at radius 1 is 1.16 bits per heavy atom. The topological polar surface area (TPSA) is 80.6 Å². The maximum Gasteiger partial charge on any atom is 0.335 e. The van der Waals surface area contributed by atoms with Crippen molar-refractivity contribution in [3.8, 4) is 5.75 Å². The minimum Gasteiger partial charge on any atom is -0.496 e. The number of hydrogen-bond acceptors (Lipinski definition) is 3. The molecule has 0 fully saturated rings. The van der Waals surface area contributed by atoms with Gasteiger partial charge in [0.1, 0.15) is 5.75 Å². The van der Waals surface area contributed by atoms with Crippen LogP contribution in [0, 0.1) is 0 Å². The average molecular weight is 421 g/mol. The normalized spacial score (nSPS) is 11.5. The molecule has 0 spiro atoms. The molecule has 0 aliphatic rings. The van der Waals surface area contributed by atoms with E-state index in [1.165, 1.54) is 0 Å². The van der Waals surface area contributed by atoms with Crippen LogP contribution in [-0.2, 0) is 18.3 Å². The maximum absolute atomic E-state index is 12.2. The molecule has 1 heterocycles. The number of aryl methyl sites for hydroxylation is 1. The van der Waals surface area contributed by atoms with Gasteiger partial charge in [-0.2, -0.15) is 0 Å². The maximum atomic E-state index is 12.2. The largest absolute Gasteiger partial charge is 0.496 e. The number of carboxylic acid groups (broad SMARTS) is 1. The predicted molar refractivity (Wildman–Crippen MR) is 123 cm³/mol. The number of aromatic carboxylic acids is 1. The Bertz CT molecular complexity index is 1160. The van der Waals surface area contributed by atoms with Gasteiger partial charge in [0.15, 0.2) is 0 Å². The summed E-state index contributed by atoms with van der Waals surface area (Å²) >= 11 is 0. The second kappa shape index (κ2) is 9.51. The summed E-state index contributed by atoms with van der Waals surface area (Å²) in [7, 11) is 3.54. The van der Waals surface area contributed by atoms with Crippen molar-refractivity contribution >= 4 is 28.9 Å². The molecule has 0 aliphatic carbocycles. The highest BCUT2D eigenvalue weighted by Gasteiger charge is 2.13. The van der Waals surface area contributed by atoms with Crippen molar-refractivity contribution in [2.75, 3.05) is 13.7 Å². The van der Waals surface area contributed by atoms with Crippen molar-refractivity contribution in [1.29, 1.82) is 0 Å². The number of carboxylic acids is 1. The summed E-state index contributed by atoms with van der Waals surface area (Å²) in [4.78, 5) is 23.4. The lowest BCUT2D eigenvalue weighted by molar-refractivity contribution is -0.117. The number of amides is 1. The van der Waals surface area contributed by atoms with Crippen molar-refractivity contribution < 1.29 is 19.4 Å². The molecule has 0 saturated heterocycles. The van der Waals surface area contributed by atoms with Gasteiger partial charge in [-0.3, -0.25) is 4.79 Å². The Morgan fingerprint density at radius 3 is 2.61 bits per heavy atom. The van der Waals surface area contributed by atoms with Gasteiger partial charge in [-0.25, -0.2) is 4.79 Å². The van der Waals surface area contributed by atoms with Crippen molar-refractivity contribution in [1.82, 2.24) is 9.88 Å². The number of hydrogen-bond donors (Lipinski definition) is 2. The molecule has 2 N–H and O–H groups in total. The van der Waals surface area contributed by atoms with Gasteiger partial charge in [0.2, 0.25) is 5.91 Å². The monoisotopic (exact) mass is 420 g/mol. The van der Waals surface area contributed by atoms with Gasteiger partial charge in [0.25, 0.3) is 0 Å². The summed E-state index contributed by atoms with van der Waals surface area (Å²) in [6, 6.07) is 11.1. The van der Waals surface area contributed by atoms with E-state index in [4.69, 9.17) is 4.74 Å². The number of ether oxygens (including phenoxy) is 1. The van der Waals surface area contributed by atoms with Crippen LogP contribution in [0.2, 0.25) is 0 Å². The van der Waals surface area contributed by atoms with Gasteiger partial charge >= 0.3 is 5.97 Å². The Labute approximate surface area is 182 Å². The third kappa shape index (κ3) is 4.97. The lowest BCUT2D eigenvalue weighted by Crippen LogP contribution is -2.24. The van der Waals surface area contributed by atoms with Crippen LogP contribution in [0.4, 0.5) is 0 Å². The highest BCUT2D eigenvalue weighted by Crippen LogP contribution is 2.29. The molecule has 0 unspecified atom stereocenters. The van der Waals surface area contributed by atoms with Crippen LogP contribution in [0.3, 0.4) is 0 Å². The molecule has 1 aromatic heterocycles. The lowest BCUT2D eigenvalue weighted by Gasteiger charge is -2.09. The van der Waals surface area contributed by atoms with E-state index in [0.717, 1.165) is 34.0 Å². The zero-order chi connectivity index (χ0) is 22.5. The van der Waals surface area contributed by atoms with Gasteiger partial charge in [-0.1, -0.05) is 19.1 Å². The number of nitrogens with zero attached hydrogens (tertiary/aromatic N) is 1. The van der Waals surface area contributed by atoms with E-state index in [-0.39, 0.29) is 11.5 Å². The highest BCUT2D eigenvalue weighted by atomic mass is 16.5. The first kappa shape index (κ1) is 22.2. The fourth-order valence-corrected chi connectivity index (χ4v) is 3.64. The van der Waals surface area contributed by atoms with Crippen molar-refractivity contribution in [2.45, 2.75) is 26.7 Å². The molecular weight excluding hydrogens is 392 g/mol. The number of fused-ring (bicyclic) bond motifs is 1. The molecule has 0 saturated carbocycles. The minimum atomic E-state index is -0.982. The first-order valence-electron chi connectivity index (χ1n) is 10.3. The molecule has 0 aliphatic heterocycles. The molecule has 1 amide bonds. The summed E-state index contributed by atoms with van der Waals surface area (Å²) in [6.45, 7) is 4.50. The zero-order valence-electron chi connectivity index (χ0n) is 18.4. The Morgan fingerprint density at radius 2 is 1.94 bits per heavy atom. The molecule has 0 bridgehead atoms. The van der Waals surface area contributed by atoms with Crippen LogP contribution >= 0.6 is 0 Å². The molecule has 6 heteroatoms. The van der Waals surface area contributed by atoms with E-state index in [9.17, 15) is 14.7 Å². The number of carbonyl (C=O) groups is 2. The van der Waals surface area contributed by atoms with Gasteiger partial charge in [0, 0.05) is 42.7 Å². The van der Waals surface area contributed by atoms with Crippen LogP contribution in [0.15, 0.2) is 48.2 Å². The van der Waals surface area contributed by atoms with E-state index in [1.807, 2.05) is 39.1 Å². The second-order valence-corrected chi connectivity index (χ2v) is 7.63.